The van der Waals surface area contributed by atoms with Gasteiger partial charge in [0.1, 0.15) is 0 Å². The highest BCUT2D eigenvalue weighted by Crippen LogP contribution is 2.15. The molecule has 0 fully saturated rings. The van der Waals surface area contributed by atoms with Gasteiger partial charge in [0.05, 0.1) is 19.1 Å². The summed E-state index contributed by atoms with van der Waals surface area (Å²) in [6.07, 6.45) is 2.63. The molecule has 25 heavy (non-hydrogen) atoms. The summed E-state index contributed by atoms with van der Waals surface area (Å²) in [4.78, 5) is 27.7. The Hall–Kier alpha value is -1.97. The van der Waals surface area contributed by atoms with Gasteiger partial charge >= 0.3 is 5.97 Å². The highest BCUT2D eigenvalue weighted by molar-refractivity contribution is 7.89. The highest BCUT2D eigenvalue weighted by atomic mass is 32.2. The van der Waals surface area contributed by atoms with Crippen LogP contribution in [-0.2, 0) is 24.4 Å². The molecule has 1 aromatic rings. The Bertz CT molecular complexity index is 672. The van der Waals surface area contributed by atoms with Crippen LogP contribution in [0.15, 0.2) is 29.2 Å². The fourth-order valence-electron chi connectivity index (χ4n) is 2.00. The minimum absolute atomic E-state index is 0.0382. The van der Waals surface area contributed by atoms with Gasteiger partial charge in [0.25, 0.3) is 15.9 Å². The SMILES string of the molecule is COC(=O)CCCCCNC(=O)c1ccc(S(=O)(=O)N(C)OC)cc1. The van der Waals surface area contributed by atoms with Gasteiger partial charge < -0.3 is 10.1 Å². The van der Waals surface area contributed by atoms with Crippen LogP contribution in [0.4, 0.5) is 0 Å². The molecule has 0 aliphatic carbocycles. The summed E-state index contributed by atoms with van der Waals surface area (Å²) in [5.74, 6) is -0.518. The zero-order chi connectivity index (χ0) is 18.9. The predicted octanol–water partition coefficient (Wildman–Crippen LogP) is 1.33. The lowest BCUT2D eigenvalue weighted by Gasteiger charge is -2.14. The number of nitrogens with zero attached hydrogens (tertiary/aromatic N) is 1. The first-order valence-electron chi connectivity index (χ1n) is 7.81. The number of rotatable bonds is 10. The number of benzene rings is 1. The molecule has 1 aromatic carbocycles. The average Bonchev–Trinajstić information content (AvgIpc) is 2.63. The third-order valence-corrected chi connectivity index (χ3v) is 5.27. The highest BCUT2D eigenvalue weighted by Gasteiger charge is 2.20. The molecule has 8 nitrogen and oxygen atoms in total. The number of carbonyl (C=O) groups excluding carboxylic acids is 2. The van der Waals surface area contributed by atoms with Gasteiger partial charge in [0.2, 0.25) is 0 Å². The number of hydrogen-bond donors (Lipinski definition) is 1. The van der Waals surface area contributed by atoms with Crippen LogP contribution in [0.2, 0.25) is 0 Å². The smallest absolute Gasteiger partial charge is 0.305 e. The Morgan fingerprint density at radius 1 is 1.08 bits per heavy atom. The van der Waals surface area contributed by atoms with Crippen molar-refractivity contribution >= 4 is 21.9 Å². The van der Waals surface area contributed by atoms with E-state index in [1.54, 1.807) is 0 Å². The standard InChI is InChI=1S/C16H24N2O6S/c1-18(24-3)25(21,22)14-10-8-13(9-11-14)16(20)17-12-6-4-5-7-15(19)23-2/h8-11H,4-7,12H2,1-3H3,(H,17,20). The van der Waals surface area contributed by atoms with E-state index in [0.29, 0.717) is 24.9 Å². The van der Waals surface area contributed by atoms with E-state index in [1.165, 1.54) is 45.5 Å². The molecular formula is C16H24N2O6S. The average molecular weight is 372 g/mol. The van der Waals surface area contributed by atoms with Crippen LogP contribution < -0.4 is 5.32 Å². The molecule has 1 amide bonds. The Kier molecular flexibility index (Phi) is 8.53. The molecule has 0 heterocycles. The van der Waals surface area contributed by atoms with E-state index in [0.717, 1.165) is 17.3 Å². The summed E-state index contributed by atoms with van der Waals surface area (Å²) in [6.45, 7) is 0.479. The Labute approximate surface area is 148 Å². The van der Waals surface area contributed by atoms with Crippen molar-refractivity contribution in [2.45, 2.75) is 30.6 Å². The minimum Gasteiger partial charge on any atom is -0.469 e. The maximum absolute atomic E-state index is 12.1. The largest absolute Gasteiger partial charge is 0.469 e. The van der Waals surface area contributed by atoms with Crippen molar-refractivity contribution in [3.63, 3.8) is 0 Å². The maximum atomic E-state index is 12.1. The van der Waals surface area contributed by atoms with Crippen LogP contribution in [0.3, 0.4) is 0 Å². The topological polar surface area (TPSA) is 102 Å². The van der Waals surface area contributed by atoms with E-state index in [2.05, 4.69) is 10.1 Å². The molecule has 0 saturated heterocycles. The second-order valence-corrected chi connectivity index (χ2v) is 7.20. The van der Waals surface area contributed by atoms with Gasteiger partial charge in [-0.05, 0) is 37.1 Å². The van der Waals surface area contributed by atoms with E-state index in [9.17, 15) is 18.0 Å². The lowest BCUT2D eigenvalue weighted by molar-refractivity contribution is -0.140. The molecule has 0 atom stereocenters. The predicted molar refractivity (Wildman–Crippen MR) is 91.2 cm³/mol. The van der Waals surface area contributed by atoms with Crippen molar-refractivity contribution in [1.29, 1.82) is 0 Å². The molecule has 140 valence electrons. The van der Waals surface area contributed by atoms with Gasteiger partial charge in [0.15, 0.2) is 0 Å². The first kappa shape index (κ1) is 21.1. The molecule has 0 bridgehead atoms. The van der Waals surface area contributed by atoms with Crippen molar-refractivity contribution in [2.75, 3.05) is 27.8 Å². The Morgan fingerprint density at radius 2 is 1.72 bits per heavy atom. The van der Waals surface area contributed by atoms with E-state index in [4.69, 9.17) is 4.84 Å². The first-order chi connectivity index (χ1) is 11.8. The molecule has 0 radical (unpaired) electrons. The fraction of sp³-hybridized carbons (Fsp3) is 0.500. The summed E-state index contributed by atoms with van der Waals surface area (Å²) >= 11 is 0. The molecule has 1 N–H and O–H groups in total. The van der Waals surface area contributed by atoms with E-state index in [1.807, 2.05) is 0 Å². The normalized spacial score (nSPS) is 11.4. The zero-order valence-electron chi connectivity index (χ0n) is 14.6. The number of hydrogen-bond acceptors (Lipinski definition) is 6. The molecule has 0 saturated carbocycles. The molecular weight excluding hydrogens is 348 g/mol. The summed E-state index contributed by atoms with van der Waals surface area (Å²) in [6, 6.07) is 5.61. The second-order valence-electron chi connectivity index (χ2n) is 5.26. The number of amides is 1. The quantitative estimate of drug-likeness (QED) is 0.378. The first-order valence-corrected chi connectivity index (χ1v) is 9.25. The molecule has 0 aromatic heterocycles. The lowest BCUT2D eigenvalue weighted by atomic mass is 10.2. The monoisotopic (exact) mass is 372 g/mol. The summed E-state index contributed by atoms with van der Waals surface area (Å²) < 4.78 is 29.4. The Balaban J connectivity index is 2.46. The van der Waals surface area contributed by atoms with E-state index >= 15 is 0 Å². The molecule has 0 spiro atoms. The van der Waals surface area contributed by atoms with Crippen LogP contribution in [0, 0.1) is 0 Å². The van der Waals surface area contributed by atoms with Crippen LogP contribution in [0.25, 0.3) is 0 Å². The number of methoxy groups -OCH3 is 1. The number of sulfonamides is 1. The van der Waals surface area contributed by atoms with Crippen LogP contribution >= 0.6 is 0 Å². The van der Waals surface area contributed by atoms with E-state index in [-0.39, 0.29) is 16.8 Å². The van der Waals surface area contributed by atoms with Gasteiger partial charge in [-0.2, -0.15) is 0 Å². The lowest BCUT2D eigenvalue weighted by Crippen LogP contribution is -2.26. The third-order valence-electron chi connectivity index (χ3n) is 3.58. The number of unbranched alkanes of at least 4 members (excludes halogenated alkanes) is 2. The number of nitrogens with one attached hydrogen (secondary N) is 1. The van der Waals surface area contributed by atoms with Gasteiger partial charge in [-0.3, -0.25) is 14.4 Å². The zero-order valence-corrected chi connectivity index (χ0v) is 15.5. The van der Waals surface area contributed by atoms with Crippen LogP contribution in [0.5, 0.6) is 0 Å². The van der Waals surface area contributed by atoms with E-state index < -0.39 is 10.0 Å². The molecule has 0 aliphatic heterocycles. The molecule has 1 rings (SSSR count). The maximum Gasteiger partial charge on any atom is 0.305 e. The molecule has 9 heteroatoms. The van der Waals surface area contributed by atoms with Gasteiger partial charge in [-0.1, -0.05) is 10.9 Å². The van der Waals surface area contributed by atoms with Crippen molar-refractivity contribution in [1.82, 2.24) is 9.79 Å². The van der Waals surface area contributed by atoms with Crippen molar-refractivity contribution in [3.8, 4) is 0 Å². The van der Waals surface area contributed by atoms with Crippen LogP contribution in [0.1, 0.15) is 36.0 Å². The van der Waals surface area contributed by atoms with Crippen molar-refractivity contribution < 1.29 is 27.6 Å². The third kappa shape index (κ3) is 6.45. The minimum atomic E-state index is -3.73. The summed E-state index contributed by atoms with van der Waals surface area (Å²) in [5, 5.41) is 2.75. The van der Waals surface area contributed by atoms with Crippen LogP contribution in [-0.4, -0.2) is 52.6 Å². The number of ether oxygens (including phenoxy) is 1. The number of esters is 1. The molecule has 0 aliphatic rings. The fourth-order valence-corrected chi connectivity index (χ4v) is 2.98. The van der Waals surface area contributed by atoms with Crippen molar-refractivity contribution in [3.05, 3.63) is 29.8 Å². The number of carbonyl (C=O) groups is 2. The Morgan fingerprint density at radius 3 is 2.28 bits per heavy atom. The molecule has 0 unspecified atom stereocenters. The van der Waals surface area contributed by atoms with Gasteiger partial charge in [-0.25, -0.2) is 8.42 Å². The van der Waals surface area contributed by atoms with Gasteiger partial charge in [0, 0.05) is 25.6 Å². The summed E-state index contributed by atoms with van der Waals surface area (Å²) in [5.41, 5.74) is 0.369. The summed E-state index contributed by atoms with van der Waals surface area (Å²) in [7, 11) is 0.170. The van der Waals surface area contributed by atoms with Crippen molar-refractivity contribution in [2.24, 2.45) is 0 Å². The van der Waals surface area contributed by atoms with Gasteiger partial charge in [-0.15, -0.1) is 0 Å². The second kappa shape index (κ2) is 10.1. The number of hydroxylamine groups is 1.